The van der Waals surface area contributed by atoms with Gasteiger partial charge in [0.2, 0.25) is 5.91 Å². The summed E-state index contributed by atoms with van der Waals surface area (Å²) in [5, 5.41) is 6.61. The number of carbonyl (C=O) groups is 1. The summed E-state index contributed by atoms with van der Waals surface area (Å²) in [5.41, 5.74) is 15.3. The van der Waals surface area contributed by atoms with Crippen molar-refractivity contribution in [2.75, 3.05) is 11.9 Å². The van der Waals surface area contributed by atoms with E-state index in [4.69, 9.17) is 5.73 Å². The van der Waals surface area contributed by atoms with Crippen LogP contribution in [0.15, 0.2) is 54.6 Å². The van der Waals surface area contributed by atoms with E-state index < -0.39 is 6.04 Å². The molecule has 33 heavy (non-hydrogen) atoms. The maximum absolute atomic E-state index is 13.2. The van der Waals surface area contributed by atoms with Crippen LogP contribution in [-0.2, 0) is 17.6 Å². The lowest BCUT2D eigenvalue weighted by molar-refractivity contribution is -0.123. The monoisotopic (exact) mass is 445 g/mol. The number of nitrogens with one attached hydrogen (secondary N) is 2. The van der Waals surface area contributed by atoms with Gasteiger partial charge in [0.15, 0.2) is 0 Å². The molecule has 3 aromatic rings. The van der Waals surface area contributed by atoms with Crippen LogP contribution in [0.5, 0.6) is 0 Å². The zero-order valence-corrected chi connectivity index (χ0v) is 19.5. The van der Waals surface area contributed by atoms with Crippen molar-refractivity contribution in [3.63, 3.8) is 0 Å². The molecule has 5 heteroatoms. The lowest BCUT2D eigenvalue weighted by Gasteiger charge is -2.29. The highest BCUT2D eigenvalue weighted by molar-refractivity contribution is 5.82. The van der Waals surface area contributed by atoms with Crippen LogP contribution in [0.4, 0.5) is 10.1 Å². The Labute approximate surface area is 195 Å². The van der Waals surface area contributed by atoms with Crippen molar-refractivity contribution in [1.82, 2.24) is 5.32 Å². The molecule has 1 aliphatic heterocycles. The Morgan fingerprint density at radius 2 is 1.73 bits per heavy atom. The van der Waals surface area contributed by atoms with Crippen molar-refractivity contribution in [3.8, 4) is 0 Å². The average Bonchev–Trinajstić information content (AvgIpc) is 2.78. The van der Waals surface area contributed by atoms with Gasteiger partial charge in [-0.05, 0) is 91.6 Å². The summed E-state index contributed by atoms with van der Waals surface area (Å²) < 4.78 is 13.2. The fourth-order valence-corrected chi connectivity index (χ4v) is 4.79. The molecule has 0 saturated carbocycles. The molecule has 3 aromatic carbocycles. The molecule has 1 amide bonds. The molecule has 0 bridgehead atoms. The van der Waals surface area contributed by atoms with E-state index in [-0.39, 0.29) is 17.8 Å². The van der Waals surface area contributed by atoms with Crippen LogP contribution >= 0.6 is 0 Å². The third kappa shape index (κ3) is 5.42. The Bertz CT molecular complexity index is 1130. The van der Waals surface area contributed by atoms with Crippen molar-refractivity contribution >= 4 is 11.6 Å². The minimum absolute atomic E-state index is 0.0896. The molecule has 0 spiro atoms. The number of hydrogen-bond acceptors (Lipinski definition) is 3. The van der Waals surface area contributed by atoms with Crippen LogP contribution in [0, 0.1) is 26.6 Å². The van der Waals surface area contributed by atoms with Gasteiger partial charge in [-0.25, -0.2) is 4.39 Å². The second kappa shape index (κ2) is 9.75. The molecule has 4 N–H and O–H groups in total. The molecule has 0 fully saturated rings. The number of rotatable bonds is 6. The highest BCUT2D eigenvalue weighted by atomic mass is 19.1. The van der Waals surface area contributed by atoms with E-state index in [9.17, 15) is 9.18 Å². The van der Waals surface area contributed by atoms with Gasteiger partial charge in [0, 0.05) is 12.2 Å². The molecule has 0 radical (unpaired) electrons. The maximum Gasteiger partial charge on any atom is 0.237 e. The Kier molecular flexibility index (Phi) is 6.80. The molecule has 0 aromatic heterocycles. The quantitative estimate of drug-likeness (QED) is 0.506. The molecule has 1 aliphatic rings. The van der Waals surface area contributed by atoms with E-state index in [0.29, 0.717) is 12.8 Å². The fourth-order valence-electron chi connectivity index (χ4n) is 4.79. The number of fused-ring (bicyclic) bond motifs is 1. The van der Waals surface area contributed by atoms with E-state index in [1.54, 1.807) is 12.1 Å². The van der Waals surface area contributed by atoms with Gasteiger partial charge < -0.3 is 16.4 Å². The lowest BCUT2D eigenvalue weighted by atomic mass is 9.92. The molecule has 2 atom stereocenters. The summed E-state index contributed by atoms with van der Waals surface area (Å²) in [6, 6.07) is 16.4. The van der Waals surface area contributed by atoms with Crippen LogP contribution in [-0.4, -0.2) is 18.5 Å². The van der Waals surface area contributed by atoms with Crippen molar-refractivity contribution < 1.29 is 9.18 Å². The van der Waals surface area contributed by atoms with Crippen molar-refractivity contribution in [3.05, 3.63) is 99.4 Å². The number of benzene rings is 3. The molecule has 0 unspecified atom stereocenters. The summed E-state index contributed by atoms with van der Waals surface area (Å²) in [6.07, 6.45) is 2.03. The second-order valence-electron chi connectivity index (χ2n) is 9.19. The van der Waals surface area contributed by atoms with Crippen molar-refractivity contribution in [1.29, 1.82) is 0 Å². The third-order valence-corrected chi connectivity index (χ3v) is 6.48. The summed E-state index contributed by atoms with van der Waals surface area (Å²) >= 11 is 0. The topological polar surface area (TPSA) is 67.2 Å². The van der Waals surface area contributed by atoms with E-state index >= 15 is 0 Å². The lowest BCUT2D eigenvalue weighted by Crippen LogP contribution is -2.44. The SMILES string of the molecule is Cc1cc(C)c(C[C@H](N)C(=O)N[C@H]2CCNc3ccc(Cc4ccc(F)cc4)cc32)c(C)c1. The zero-order chi connectivity index (χ0) is 23.5. The van der Waals surface area contributed by atoms with Gasteiger partial charge in [0.25, 0.3) is 0 Å². The van der Waals surface area contributed by atoms with Gasteiger partial charge in [-0.3, -0.25) is 4.79 Å². The smallest absolute Gasteiger partial charge is 0.237 e. The summed E-state index contributed by atoms with van der Waals surface area (Å²) in [7, 11) is 0. The van der Waals surface area contributed by atoms with Crippen LogP contribution < -0.4 is 16.4 Å². The Balaban J connectivity index is 1.48. The molecular weight excluding hydrogens is 413 g/mol. The standard InChI is InChI=1S/C28H32FN3O/c1-17-12-18(2)23(19(3)13-17)16-25(30)28(33)32-27-10-11-31-26-9-6-21(15-24(26)27)14-20-4-7-22(29)8-5-20/h4-9,12-13,15,25,27,31H,10-11,14,16,30H2,1-3H3,(H,32,33)/t25-,27-/m0/s1. The molecule has 0 saturated heterocycles. The van der Waals surface area contributed by atoms with Crippen LogP contribution in [0.1, 0.15) is 51.4 Å². The fraction of sp³-hybridized carbons (Fsp3) is 0.321. The Hall–Kier alpha value is -3.18. The molecule has 4 rings (SSSR count). The number of aryl methyl sites for hydroxylation is 3. The second-order valence-corrected chi connectivity index (χ2v) is 9.19. The highest BCUT2D eigenvalue weighted by Gasteiger charge is 2.25. The van der Waals surface area contributed by atoms with Gasteiger partial charge in [0.1, 0.15) is 5.82 Å². The van der Waals surface area contributed by atoms with Gasteiger partial charge in [-0.2, -0.15) is 0 Å². The van der Waals surface area contributed by atoms with Crippen LogP contribution in [0.25, 0.3) is 0 Å². The van der Waals surface area contributed by atoms with E-state index in [1.807, 2.05) is 0 Å². The number of nitrogens with two attached hydrogens (primary N) is 1. The van der Waals surface area contributed by atoms with Gasteiger partial charge >= 0.3 is 0 Å². The largest absolute Gasteiger partial charge is 0.385 e. The number of amides is 1. The first-order valence-corrected chi connectivity index (χ1v) is 11.5. The predicted octanol–water partition coefficient (Wildman–Crippen LogP) is 4.88. The average molecular weight is 446 g/mol. The maximum atomic E-state index is 13.2. The number of hydrogen-bond donors (Lipinski definition) is 3. The summed E-state index contributed by atoms with van der Waals surface area (Å²) in [5.74, 6) is -0.361. The summed E-state index contributed by atoms with van der Waals surface area (Å²) in [6.45, 7) is 7.02. The number of carbonyl (C=O) groups excluding carboxylic acids is 1. The minimum Gasteiger partial charge on any atom is -0.385 e. The van der Waals surface area contributed by atoms with Gasteiger partial charge in [0.05, 0.1) is 12.1 Å². The van der Waals surface area contributed by atoms with E-state index in [1.165, 1.54) is 28.8 Å². The Morgan fingerprint density at radius 1 is 1.06 bits per heavy atom. The minimum atomic E-state index is -0.606. The highest BCUT2D eigenvalue weighted by Crippen LogP contribution is 2.31. The third-order valence-electron chi connectivity index (χ3n) is 6.48. The number of anilines is 1. The van der Waals surface area contributed by atoms with Crippen LogP contribution in [0.2, 0.25) is 0 Å². The van der Waals surface area contributed by atoms with Crippen LogP contribution in [0.3, 0.4) is 0 Å². The van der Waals surface area contributed by atoms with Gasteiger partial charge in [-0.1, -0.05) is 42.0 Å². The zero-order valence-electron chi connectivity index (χ0n) is 19.5. The Morgan fingerprint density at radius 3 is 2.42 bits per heavy atom. The number of halogens is 1. The van der Waals surface area contributed by atoms with Gasteiger partial charge in [-0.15, -0.1) is 0 Å². The molecule has 0 aliphatic carbocycles. The molecule has 4 nitrogen and oxygen atoms in total. The van der Waals surface area contributed by atoms with E-state index in [2.05, 4.69) is 61.7 Å². The first-order valence-electron chi connectivity index (χ1n) is 11.5. The van der Waals surface area contributed by atoms with Crippen molar-refractivity contribution in [2.24, 2.45) is 5.73 Å². The van der Waals surface area contributed by atoms with Crippen molar-refractivity contribution in [2.45, 2.75) is 52.1 Å². The predicted molar refractivity (Wildman–Crippen MR) is 132 cm³/mol. The summed E-state index contributed by atoms with van der Waals surface area (Å²) in [4.78, 5) is 13.0. The normalized spacial score (nSPS) is 16.0. The first-order chi connectivity index (χ1) is 15.8. The molecular formula is C28H32FN3O. The van der Waals surface area contributed by atoms with E-state index in [0.717, 1.165) is 40.9 Å². The molecule has 172 valence electrons. The molecule has 1 heterocycles. The first kappa shape index (κ1) is 23.0.